The predicted molar refractivity (Wildman–Crippen MR) is 104 cm³/mol. The van der Waals surface area contributed by atoms with Crippen molar-refractivity contribution in [2.45, 2.75) is 51.0 Å². The van der Waals surface area contributed by atoms with E-state index in [2.05, 4.69) is 48.6 Å². The van der Waals surface area contributed by atoms with Crippen LogP contribution in [0.5, 0.6) is 0 Å². The number of H-pyrrole nitrogens is 1. The number of likely N-dealkylation sites (N-methyl/N-ethyl adjacent to an activating group) is 1. The molecule has 134 valence electrons. The Morgan fingerprint density at radius 1 is 1.15 bits per heavy atom. The number of quaternary nitrogens is 1. The Kier molecular flexibility index (Phi) is 3.78. The molecule has 2 aliphatic heterocycles. The highest BCUT2D eigenvalue weighted by Gasteiger charge is 2.46. The Hall–Kier alpha value is -2.27. The second kappa shape index (κ2) is 6.16. The number of aromatic nitrogens is 2. The second-order valence-corrected chi connectivity index (χ2v) is 7.88. The standard InChI is InChI=1S/C21H26N5/c1-2-26-13-17(12-15-8-4-3-5-9-15)23-21(26)18-20(22-14-26)25-19(24-18)16-10-6-7-11-16/h3-5,8-9,14,16-17H,2,6-7,10-13H2,1H3,(H,24,25)/q+1/t17?,26-/m1/s1. The summed E-state index contributed by atoms with van der Waals surface area (Å²) < 4.78 is 0.747. The number of amidine groups is 1. The first-order valence-corrected chi connectivity index (χ1v) is 9.92. The van der Waals surface area contributed by atoms with Crippen molar-refractivity contribution in [2.75, 3.05) is 13.1 Å². The summed E-state index contributed by atoms with van der Waals surface area (Å²) in [6.07, 6.45) is 8.17. The molecule has 1 fully saturated rings. The monoisotopic (exact) mass is 348 g/mol. The fourth-order valence-corrected chi connectivity index (χ4v) is 4.73. The van der Waals surface area contributed by atoms with Crippen LogP contribution < -0.4 is 0 Å². The number of nitrogens with zero attached hydrogens (tertiary/aromatic N) is 4. The molecule has 1 unspecified atom stereocenters. The quantitative estimate of drug-likeness (QED) is 0.836. The Morgan fingerprint density at radius 3 is 2.73 bits per heavy atom. The Bertz CT molecular complexity index is 860. The maximum atomic E-state index is 5.16. The third-order valence-electron chi connectivity index (χ3n) is 6.21. The number of nitrogens with one attached hydrogen (secondary N) is 1. The van der Waals surface area contributed by atoms with Gasteiger partial charge in [-0.15, -0.1) is 0 Å². The van der Waals surface area contributed by atoms with E-state index in [1.165, 1.54) is 31.2 Å². The number of aliphatic imine (C=N–C) groups is 2. The van der Waals surface area contributed by atoms with Crippen molar-refractivity contribution in [3.8, 4) is 0 Å². The molecule has 5 nitrogen and oxygen atoms in total. The lowest BCUT2D eigenvalue weighted by atomic mass is 10.1. The largest absolute Gasteiger partial charge is 0.334 e. The van der Waals surface area contributed by atoms with Gasteiger partial charge in [-0.25, -0.2) is 14.5 Å². The van der Waals surface area contributed by atoms with Gasteiger partial charge in [-0.3, -0.25) is 0 Å². The summed E-state index contributed by atoms with van der Waals surface area (Å²) in [4.78, 5) is 18.3. The maximum absolute atomic E-state index is 5.16. The van der Waals surface area contributed by atoms with Gasteiger partial charge < -0.3 is 4.98 Å². The van der Waals surface area contributed by atoms with Crippen LogP contribution in [-0.2, 0) is 6.42 Å². The van der Waals surface area contributed by atoms with E-state index in [0.29, 0.717) is 12.0 Å². The van der Waals surface area contributed by atoms with E-state index < -0.39 is 0 Å². The molecule has 1 saturated carbocycles. The number of rotatable bonds is 4. The topological polar surface area (TPSA) is 53.4 Å². The summed E-state index contributed by atoms with van der Waals surface area (Å²) in [5.41, 5.74) is 2.41. The van der Waals surface area contributed by atoms with Gasteiger partial charge in [0.05, 0.1) is 6.54 Å². The average molecular weight is 348 g/mol. The zero-order valence-electron chi connectivity index (χ0n) is 15.4. The van der Waals surface area contributed by atoms with Gasteiger partial charge in [0.1, 0.15) is 18.4 Å². The van der Waals surface area contributed by atoms with Crippen LogP contribution >= 0.6 is 0 Å². The average Bonchev–Trinajstić information content (AvgIpc) is 3.39. The van der Waals surface area contributed by atoms with Crippen LogP contribution in [0.4, 0.5) is 5.82 Å². The number of fused-ring (bicyclic) bond motifs is 3. The molecule has 1 aromatic heterocycles. The second-order valence-electron chi connectivity index (χ2n) is 7.88. The molecule has 3 aliphatic rings. The van der Waals surface area contributed by atoms with Crippen LogP contribution in [0.15, 0.2) is 40.3 Å². The zero-order valence-corrected chi connectivity index (χ0v) is 15.4. The Balaban J connectivity index is 1.49. The van der Waals surface area contributed by atoms with Gasteiger partial charge in [0.25, 0.3) is 5.84 Å². The molecule has 5 rings (SSSR count). The maximum Gasteiger partial charge on any atom is 0.257 e. The third kappa shape index (κ3) is 2.53. The number of benzene rings is 1. The molecule has 0 saturated heterocycles. The van der Waals surface area contributed by atoms with Crippen molar-refractivity contribution in [3.63, 3.8) is 0 Å². The molecular weight excluding hydrogens is 322 g/mol. The highest BCUT2D eigenvalue weighted by atomic mass is 15.5. The molecule has 5 heteroatoms. The van der Waals surface area contributed by atoms with E-state index in [4.69, 9.17) is 15.0 Å². The highest BCUT2D eigenvalue weighted by molar-refractivity contribution is 6.02. The van der Waals surface area contributed by atoms with Crippen molar-refractivity contribution in [1.29, 1.82) is 0 Å². The number of hydrogen-bond donors (Lipinski definition) is 1. The number of imidazole rings is 1. The molecule has 26 heavy (non-hydrogen) atoms. The minimum absolute atomic E-state index is 0.294. The van der Waals surface area contributed by atoms with Crippen LogP contribution in [-0.4, -0.2) is 45.8 Å². The Morgan fingerprint density at radius 2 is 1.96 bits per heavy atom. The lowest BCUT2D eigenvalue weighted by Crippen LogP contribution is -2.52. The van der Waals surface area contributed by atoms with E-state index >= 15 is 0 Å². The molecule has 1 aliphatic carbocycles. The van der Waals surface area contributed by atoms with Crippen molar-refractivity contribution < 1.29 is 4.48 Å². The summed E-state index contributed by atoms with van der Waals surface area (Å²) in [5, 5.41) is 0. The minimum Gasteiger partial charge on any atom is -0.334 e. The normalized spacial score (nSPS) is 27.4. The molecular formula is C21H26N5+. The minimum atomic E-state index is 0.294. The van der Waals surface area contributed by atoms with Crippen LogP contribution in [0.25, 0.3) is 0 Å². The van der Waals surface area contributed by atoms with Crippen molar-refractivity contribution in [3.05, 3.63) is 47.4 Å². The summed E-state index contributed by atoms with van der Waals surface area (Å²) in [6, 6.07) is 11.0. The highest BCUT2D eigenvalue weighted by Crippen LogP contribution is 2.37. The van der Waals surface area contributed by atoms with Gasteiger partial charge >= 0.3 is 0 Å². The Labute approximate surface area is 154 Å². The van der Waals surface area contributed by atoms with Gasteiger partial charge in [-0.1, -0.05) is 43.2 Å². The van der Waals surface area contributed by atoms with Gasteiger partial charge in [0.15, 0.2) is 17.9 Å². The molecule has 0 bridgehead atoms. The van der Waals surface area contributed by atoms with Gasteiger partial charge in [-0.05, 0) is 25.3 Å². The van der Waals surface area contributed by atoms with Crippen LogP contribution in [0.3, 0.4) is 0 Å². The first-order chi connectivity index (χ1) is 12.8. The third-order valence-corrected chi connectivity index (χ3v) is 6.21. The van der Waals surface area contributed by atoms with Gasteiger partial charge in [0, 0.05) is 12.3 Å². The van der Waals surface area contributed by atoms with Crippen LogP contribution in [0.1, 0.15) is 55.6 Å². The fraction of sp³-hybridized carbons (Fsp3) is 0.476. The van der Waals surface area contributed by atoms with Gasteiger partial charge in [-0.2, -0.15) is 4.99 Å². The van der Waals surface area contributed by atoms with E-state index in [9.17, 15) is 0 Å². The lowest BCUT2D eigenvalue weighted by molar-refractivity contribution is -0.732. The molecule has 2 aromatic rings. The van der Waals surface area contributed by atoms with E-state index in [1.54, 1.807) is 0 Å². The molecule has 3 heterocycles. The summed E-state index contributed by atoms with van der Waals surface area (Å²) in [5.74, 6) is 3.67. The lowest BCUT2D eigenvalue weighted by Gasteiger charge is -2.30. The van der Waals surface area contributed by atoms with E-state index in [0.717, 1.165) is 47.2 Å². The zero-order chi connectivity index (χ0) is 17.6. The van der Waals surface area contributed by atoms with E-state index in [-0.39, 0.29) is 0 Å². The van der Waals surface area contributed by atoms with Crippen molar-refractivity contribution >= 4 is 18.0 Å². The molecule has 0 amide bonds. The number of aromatic amines is 1. The number of hydrogen-bond acceptors (Lipinski definition) is 3. The summed E-state index contributed by atoms with van der Waals surface area (Å²) >= 11 is 0. The summed E-state index contributed by atoms with van der Waals surface area (Å²) in [7, 11) is 0. The SMILES string of the molecule is CC[N@@+]12C=Nc3nc(C4CCCC4)[nH]c3C1=NC(Cc1ccccc1)C2. The summed E-state index contributed by atoms with van der Waals surface area (Å²) in [6.45, 7) is 4.19. The first-order valence-electron chi connectivity index (χ1n) is 9.92. The van der Waals surface area contributed by atoms with Crippen molar-refractivity contribution in [1.82, 2.24) is 9.97 Å². The smallest absolute Gasteiger partial charge is 0.257 e. The van der Waals surface area contributed by atoms with Gasteiger partial charge in [0.2, 0.25) is 0 Å². The predicted octanol–water partition coefficient (Wildman–Crippen LogP) is 3.95. The molecule has 0 spiro atoms. The fourth-order valence-electron chi connectivity index (χ4n) is 4.73. The van der Waals surface area contributed by atoms with Crippen LogP contribution in [0.2, 0.25) is 0 Å². The molecule has 1 N–H and O–H groups in total. The molecule has 0 radical (unpaired) electrons. The van der Waals surface area contributed by atoms with Crippen LogP contribution in [0, 0.1) is 0 Å². The molecule has 1 aromatic carbocycles. The first kappa shape index (κ1) is 15.9. The van der Waals surface area contributed by atoms with Crippen molar-refractivity contribution in [2.24, 2.45) is 9.98 Å². The van der Waals surface area contributed by atoms with E-state index in [1.807, 2.05) is 0 Å². The molecule has 2 atom stereocenters.